The number of hydrogen-bond acceptors (Lipinski definition) is 10. The van der Waals surface area contributed by atoms with Crippen molar-refractivity contribution in [3.63, 3.8) is 0 Å². The van der Waals surface area contributed by atoms with Gasteiger partial charge in [0.25, 0.3) is 0 Å². The standard InChI is InChI=1S/C27H26Cl2FN11/c1-40-13-23(36-38-40)27(24-14-41(39-37-24)18-4-6-32-7-5-18)35-17-8-19-25(34-16-2-3-22(30)20(28)9-16)15(11-31)12-33-26(19)21(29)10-17/h2-3,8-10,12-14,18,27,32,35-36,38H,4-7H2,1H3,(H,33,34). The molecular weight excluding hydrogens is 568 g/mol. The lowest BCUT2D eigenvalue weighted by atomic mass is 10.1. The minimum atomic E-state index is -0.537. The molecule has 41 heavy (non-hydrogen) atoms. The van der Waals surface area contributed by atoms with Gasteiger partial charge in [-0.2, -0.15) is 5.26 Å². The Labute approximate surface area is 245 Å². The van der Waals surface area contributed by atoms with Crippen molar-refractivity contribution in [1.82, 2.24) is 41.3 Å². The monoisotopic (exact) mass is 593 g/mol. The summed E-state index contributed by atoms with van der Waals surface area (Å²) in [5.41, 5.74) is 10.2. The van der Waals surface area contributed by atoms with Gasteiger partial charge in [-0.3, -0.25) is 9.99 Å². The fourth-order valence-corrected chi connectivity index (χ4v) is 5.45. The number of nitrogens with zero attached hydrogens (tertiary/aromatic N) is 6. The van der Waals surface area contributed by atoms with Crippen LogP contribution in [0.3, 0.4) is 0 Å². The molecule has 4 heterocycles. The van der Waals surface area contributed by atoms with E-state index in [1.807, 2.05) is 30.2 Å². The summed E-state index contributed by atoms with van der Waals surface area (Å²) < 4.78 is 15.7. The van der Waals surface area contributed by atoms with Crippen LogP contribution in [0.2, 0.25) is 10.0 Å². The van der Waals surface area contributed by atoms with Gasteiger partial charge in [0.15, 0.2) is 0 Å². The van der Waals surface area contributed by atoms with Gasteiger partial charge in [0, 0.05) is 36.2 Å². The molecule has 0 bridgehead atoms. The molecule has 0 radical (unpaired) electrons. The summed E-state index contributed by atoms with van der Waals surface area (Å²) in [6, 6.07) is 9.94. The molecule has 4 aromatic rings. The van der Waals surface area contributed by atoms with Crippen molar-refractivity contribution in [2.45, 2.75) is 24.9 Å². The normalized spacial score (nSPS) is 16.3. The Hall–Kier alpha value is -4.15. The molecule has 2 aromatic heterocycles. The van der Waals surface area contributed by atoms with Gasteiger partial charge in [0.1, 0.15) is 23.6 Å². The molecule has 0 spiro atoms. The number of piperidine rings is 1. The van der Waals surface area contributed by atoms with Gasteiger partial charge in [-0.25, -0.2) is 9.07 Å². The predicted molar refractivity (Wildman–Crippen MR) is 156 cm³/mol. The highest BCUT2D eigenvalue weighted by atomic mass is 35.5. The molecule has 5 N–H and O–H groups in total. The Morgan fingerprint density at radius 2 is 1.95 bits per heavy atom. The summed E-state index contributed by atoms with van der Waals surface area (Å²) in [5.74, 6) is -0.537. The number of anilines is 3. The number of nitrogens with one attached hydrogen (secondary N) is 5. The number of hydrazine groups is 2. The third kappa shape index (κ3) is 5.57. The molecular formula is C27H26Cl2FN11. The number of nitriles is 1. The van der Waals surface area contributed by atoms with Gasteiger partial charge in [-0.15, -0.1) is 10.6 Å². The van der Waals surface area contributed by atoms with E-state index in [4.69, 9.17) is 23.2 Å². The van der Waals surface area contributed by atoms with Crippen LogP contribution >= 0.6 is 23.2 Å². The Morgan fingerprint density at radius 3 is 2.68 bits per heavy atom. The van der Waals surface area contributed by atoms with Crippen LogP contribution in [0.4, 0.5) is 21.5 Å². The first-order valence-electron chi connectivity index (χ1n) is 13.0. The van der Waals surface area contributed by atoms with Crippen LogP contribution in [0.25, 0.3) is 10.9 Å². The third-order valence-corrected chi connectivity index (χ3v) is 7.65. The zero-order valence-corrected chi connectivity index (χ0v) is 23.4. The Kier molecular flexibility index (Phi) is 7.51. The zero-order chi connectivity index (χ0) is 28.5. The molecule has 0 aliphatic carbocycles. The van der Waals surface area contributed by atoms with Crippen molar-refractivity contribution in [3.05, 3.63) is 81.7 Å². The lowest BCUT2D eigenvalue weighted by Crippen LogP contribution is -2.35. The SMILES string of the molecule is CN1C=C(C(Nc2cc(Cl)c3ncc(C#N)c(Nc4ccc(F)c(Cl)c4)c3c2)c2cn(C3CCNCC3)nn2)NN1. The van der Waals surface area contributed by atoms with Crippen LogP contribution in [-0.2, 0) is 0 Å². The van der Waals surface area contributed by atoms with Gasteiger partial charge < -0.3 is 21.4 Å². The third-order valence-electron chi connectivity index (χ3n) is 7.07. The first kappa shape index (κ1) is 27.0. The van der Waals surface area contributed by atoms with Crippen molar-refractivity contribution in [3.8, 4) is 6.07 Å². The molecule has 2 aliphatic heterocycles. The summed E-state index contributed by atoms with van der Waals surface area (Å²) in [6.07, 6.45) is 7.30. The summed E-state index contributed by atoms with van der Waals surface area (Å²) >= 11 is 12.7. The second-order valence-electron chi connectivity index (χ2n) is 9.88. The van der Waals surface area contributed by atoms with Crippen LogP contribution < -0.4 is 26.9 Å². The van der Waals surface area contributed by atoms with E-state index in [2.05, 4.69) is 48.3 Å². The molecule has 210 valence electrons. The van der Waals surface area contributed by atoms with Crippen LogP contribution in [-0.4, -0.2) is 45.1 Å². The molecule has 1 saturated heterocycles. The highest BCUT2D eigenvalue weighted by Crippen LogP contribution is 2.37. The Balaban J connectivity index is 1.39. The number of aromatic nitrogens is 4. The lowest BCUT2D eigenvalue weighted by Gasteiger charge is -2.22. The summed E-state index contributed by atoms with van der Waals surface area (Å²) in [6.45, 7) is 1.88. The van der Waals surface area contributed by atoms with Crippen molar-refractivity contribution in [2.75, 3.05) is 30.8 Å². The number of halogens is 3. The van der Waals surface area contributed by atoms with Crippen LogP contribution in [0.15, 0.2) is 54.6 Å². The van der Waals surface area contributed by atoms with Gasteiger partial charge in [0.05, 0.1) is 44.7 Å². The van der Waals surface area contributed by atoms with E-state index in [0.717, 1.165) is 37.3 Å². The first-order valence-corrected chi connectivity index (χ1v) is 13.7. The van der Waals surface area contributed by atoms with Gasteiger partial charge in [0.2, 0.25) is 0 Å². The molecule has 1 unspecified atom stereocenters. The molecule has 6 rings (SSSR count). The van der Waals surface area contributed by atoms with Gasteiger partial charge in [-0.05, 0) is 56.3 Å². The summed E-state index contributed by atoms with van der Waals surface area (Å²) in [4.78, 5) is 4.43. The molecule has 0 amide bonds. The van der Waals surface area contributed by atoms with Crippen LogP contribution in [0.5, 0.6) is 0 Å². The summed E-state index contributed by atoms with van der Waals surface area (Å²) in [7, 11) is 1.88. The average Bonchev–Trinajstić information content (AvgIpc) is 3.64. The minimum Gasteiger partial charge on any atom is -0.371 e. The smallest absolute Gasteiger partial charge is 0.141 e. The Morgan fingerprint density at radius 1 is 1.15 bits per heavy atom. The maximum absolute atomic E-state index is 13.8. The molecule has 1 atom stereocenters. The van der Waals surface area contributed by atoms with Crippen LogP contribution in [0, 0.1) is 17.1 Å². The fraction of sp³-hybridized carbons (Fsp3) is 0.259. The maximum atomic E-state index is 13.8. The zero-order valence-electron chi connectivity index (χ0n) is 21.9. The van der Waals surface area contributed by atoms with Crippen LogP contribution in [0.1, 0.15) is 36.2 Å². The number of rotatable bonds is 7. The van der Waals surface area contributed by atoms with E-state index >= 15 is 0 Å². The van der Waals surface area contributed by atoms with E-state index in [9.17, 15) is 9.65 Å². The maximum Gasteiger partial charge on any atom is 0.141 e. The average molecular weight is 594 g/mol. The van der Waals surface area contributed by atoms with Crippen molar-refractivity contribution < 1.29 is 4.39 Å². The molecule has 1 fully saturated rings. The fourth-order valence-electron chi connectivity index (χ4n) is 5.00. The number of pyridine rings is 1. The quantitative estimate of drug-likeness (QED) is 0.204. The van der Waals surface area contributed by atoms with E-state index in [1.165, 1.54) is 18.3 Å². The highest BCUT2D eigenvalue weighted by molar-refractivity contribution is 6.36. The number of fused-ring (bicyclic) bond motifs is 1. The minimum absolute atomic E-state index is 0.0384. The highest BCUT2D eigenvalue weighted by Gasteiger charge is 2.26. The van der Waals surface area contributed by atoms with E-state index < -0.39 is 11.9 Å². The van der Waals surface area contributed by atoms with Crippen molar-refractivity contribution in [2.24, 2.45) is 0 Å². The van der Waals surface area contributed by atoms with E-state index in [0.29, 0.717) is 38.6 Å². The first-order chi connectivity index (χ1) is 19.9. The summed E-state index contributed by atoms with van der Waals surface area (Å²) in [5, 5.41) is 31.7. The van der Waals surface area contributed by atoms with Crippen molar-refractivity contribution in [1.29, 1.82) is 5.26 Å². The van der Waals surface area contributed by atoms with E-state index in [-0.39, 0.29) is 11.1 Å². The van der Waals surface area contributed by atoms with Gasteiger partial charge in [-0.1, -0.05) is 28.4 Å². The Bertz CT molecular complexity index is 1680. The number of benzene rings is 2. The lowest BCUT2D eigenvalue weighted by molar-refractivity contribution is 0.326. The second kappa shape index (κ2) is 11.4. The molecule has 0 saturated carbocycles. The van der Waals surface area contributed by atoms with E-state index in [1.54, 1.807) is 17.1 Å². The predicted octanol–water partition coefficient (Wildman–Crippen LogP) is 4.76. The molecule has 2 aromatic carbocycles. The second-order valence-corrected chi connectivity index (χ2v) is 10.7. The largest absolute Gasteiger partial charge is 0.371 e. The molecule has 14 heteroatoms. The van der Waals surface area contributed by atoms with Crippen molar-refractivity contribution >= 4 is 51.2 Å². The molecule has 2 aliphatic rings. The number of hydrogen-bond donors (Lipinski definition) is 5. The molecule has 11 nitrogen and oxygen atoms in total. The van der Waals surface area contributed by atoms with Gasteiger partial charge >= 0.3 is 0 Å². The topological polar surface area (TPSA) is 131 Å².